The predicted octanol–water partition coefficient (Wildman–Crippen LogP) is 6.40. The van der Waals surface area contributed by atoms with Crippen LogP contribution in [0.5, 0.6) is 11.6 Å². The van der Waals surface area contributed by atoms with E-state index in [-0.39, 0.29) is 18.7 Å². The van der Waals surface area contributed by atoms with Gasteiger partial charge in [-0.25, -0.2) is 4.98 Å². The lowest BCUT2D eigenvalue weighted by atomic mass is 10.2. The van der Waals surface area contributed by atoms with Crippen molar-refractivity contribution in [3.63, 3.8) is 0 Å². The van der Waals surface area contributed by atoms with E-state index in [0.717, 1.165) is 31.1 Å². The third-order valence-corrected chi connectivity index (χ3v) is 4.36. The zero-order valence-corrected chi connectivity index (χ0v) is 18.0. The first-order valence-corrected chi connectivity index (χ1v) is 10.4. The van der Waals surface area contributed by atoms with Crippen molar-refractivity contribution in [2.24, 2.45) is 0 Å². The Hall–Kier alpha value is -2.51. The van der Waals surface area contributed by atoms with Crippen molar-refractivity contribution in [3.8, 4) is 11.6 Å². The Balaban J connectivity index is 2.26. The molecule has 0 saturated carbocycles. The van der Waals surface area contributed by atoms with Crippen LogP contribution in [0.2, 0.25) is 0 Å². The van der Waals surface area contributed by atoms with Gasteiger partial charge in [0.15, 0.2) is 0 Å². The highest BCUT2D eigenvalue weighted by Gasteiger charge is 2.36. The molecule has 0 aliphatic rings. The first-order valence-electron chi connectivity index (χ1n) is 10.4. The number of anilines is 2. The standard InChI is InChI=1S/C22H30F3N3O2/c1-5-7-8-9-14-29-20-19(22(23,24)25)15-26-21(27-20)28(6-2)17-10-12-18(13-11-17)30-16(3)4/h10-13,15-16H,5-9,14H2,1-4H3. The van der Waals surface area contributed by atoms with Crippen LogP contribution in [0.15, 0.2) is 30.5 Å². The normalized spacial score (nSPS) is 11.6. The number of aromatic nitrogens is 2. The first-order chi connectivity index (χ1) is 14.3. The van der Waals surface area contributed by atoms with Gasteiger partial charge in [-0.2, -0.15) is 18.2 Å². The molecular formula is C22H30F3N3O2. The lowest BCUT2D eigenvalue weighted by molar-refractivity contribution is -0.139. The molecule has 0 aliphatic carbocycles. The molecule has 0 amide bonds. The third-order valence-electron chi connectivity index (χ3n) is 4.36. The quantitative estimate of drug-likeness (QED) is 0.390. The topological polar surface area (TPSA) is 47.5 Å². The molecule has 0 saturated heterocycles. The number of hydrogen-bond acceptors (Lipinski definition) is 5. The summed E-state index contributed by atoms with van der Waals surface area (Å²) in [6, 6.07) is 7.28. The fraction of sp³-hybridized carbons (Fsp3) is 0.545. The first kappa shape index (κ1) is 23.8. The average Bonchev–Trinajstić information content (AvgIpc) is 2.68. The van der Waals surface area contributed by atoms with Crippen LogP contribution in [-0.4, -0.2) is 29.2 Å². The van der Waals surface area contributed by atoms with Crippen molar-refractivity contribution in [2.45, 2.75) is 65.7 Å². The van der Waals surface area contributed by atoms with Crippen molar-refractivity contribution in [2.75, 3.05) is 18.1 Å². The molecule has 1 heterocycles. The third kappa shape index (κ3) is 6.78. The van der Waals surface area contributed by atoms with Crippen molar-refractivity contribution >= 4 is 11.6 Å². The largest absolute Gasteiger partial charge is 0.491 e. The summed E-state index contributed by atoms with van der Waals surface area (Å²) in [7, 11) is 0. The van der Waals surface area contributed by atoms with Gasteiger partial charge in [0.05, 0.1) is 12.7 Å². The minimum absolute atomic E-state index is 0.0495. The zero-order valence-electron chi connectivity index (χ0n) is 18.0. The molecule has 0 atom stereocenters. The zero-order chi connectivity index (χ0) is 22.1. The number of nitrogens with zero attached hydrogens (tertiary/aromatic N) is 3. The van der Waals surface area contributed by atoms with E-state index in [0.29, 0.717) is 18.7 Å². The van der Waals surface area contributed by atoms with Gasteiger partial charge >= 0.3 is 6.18 Å². The van der Waals surface area contributed by atoms with Crippen LogP contribution in [0.4, 0.5) is 24.8 Å². The molecule has 0 fully saturated rings. The monoisotopic (exact) mass is 425 g/mol. The molecule has 30 heavy (non-hydrogen) atoms. The fourth-order valence-corrected chi connectivity index (χ4v) is 2.91. The van der Waals surface area contributed by atoms with Gasteiger partial charge in [-0.3, -0.25) is 0 Å². The van der Waals surface area contributed by atoms with E-state index in [2.05, 4.69) is 16.9 Å². The van der Waals surface area contributed by atoms with Crippen LogP contribution in [0.3, 0.4) is 0 Å². The van der Waals surface area contributed by atoms with E-state index in [4.69, 9.17) is 9.47 Å². The minimum atomic E-state index is -4.58. The van der Waals surface area contributed by atoms with E-state index >= 15 is 0 Å². The molecule has 0 bridgehead atoms. The number of hydrogen-bond donors (Lipinski definition) is 0. The van der Waals surface area contributed by atoms with Crippen LogP contribution in [-0.2, 0) is 6.18 Å². The van der Waals surface area contributed by atoms with Crippen LogP contribution < -0.4 is 14.4 Å². The van der Waals surface area contributed by atoms with Crippen LogP contribution >= 0.6 is 0 Å². The highest BCUT2D eigenvalue weighted by molar-refractivity contribution is 5.58. The summed E-state index contributed by atoms with van der Waals surface area (Å²) in [6.45, 7) is 8.49. The Labute approximate surface area is 176 Å². The van der Waals surface area contributed by atoms with Crippen molar-refractivity contribution in [1.82, 2.24) is 9.97 Å². The average molecular weight is 425 g/mol. The second-order valence-corrected chi connectivity index (χ2v) is 7.20. The molecule has 0 spiro atoms. The maximum absolute atomic E-state index is 13.4. The Morgan fingerprint density at radius 2 is 1.73 bits per heavy atom. The molecule has 0 aliphatic heterocycles. The summed E-state index contributed by atoms with van der Waals surface area (Å²) in [6.07, 6.45) is -0.0931. The molecule has 0 N–H and O–H groups in total. The lowest BCUT2D eigenvalue weighted by Crippen LogP contribution is -2.21. The molecule has 166 valence electrons. The number of halogens is 3. The maximum atomic E-state index is 13.4. The highest BCUT2D eigenvalue weighted by atomic mass is 19.4. The number of ether oxygens (including phenoxy) is 2. The van der Waals surface area contributed by atoms with Gasteiger partial charge in [-0.05, 0) is 51.5 Å². The summed E-state index contributed by atoms with van der Waals surface area (Å²) in [5, 5.41) is 0. The summed E-state index contributed by atoms with van der Waals surface area (Å²) < 4.78 is 51.2. The van der Waals surface area contributed by atoms with Crippen molar-refractivity contribution in [1.29, 1.82) is 0 Å². The van der Waals surface area contributed by atoms with Gasteiger partial charge in [0.1, 0.15) is 11.3 Å². The van der Waals surface area contributed by atoms with Gasteiger partial charge in [0.2, 0.25) is 11.8 Å². The summed E-state index contributed by atoms with van der Waals surface area (Å²) in [4.78, 5) is 9.81. The van der Waals surface area contributed by atoms with E-state index in [1.807, 2.05) is 45.0 Å². The van der Waals surface area contributed by atoms with E-state index in [1.54, 1.807) is 4.90 Å². The fourth-order valence-electron chi connectivity index (χ4n) is 2.91. The van der Waals surface area contributed by atoms with Gasteiger partial charge < -0.3 is 14.4 Å². The van der Waals surface area contributed by atoms with Gasteiger partial charge in [0.25, 0.3) is 0 Å². The Bertz CT molecular complexity index is 780. The number of rotatable bonds is 11. The van der Waals surface area contributed by atoms with Crippen molar-refractivity contribution < 1.29 is 22.6 Å². The number of unbranched alkanes of at least 4 members (excludes halogenated alkanes) is 3. The summed E-state index contributed by atoms with van der Waals surface area (Å²) >= 11 is 0. The van der Waals surface area contributed by atoms with Crippen LogP contribution in [0.1, 0.15) is 58.9 Å². The summed E-state index contributed by atoms with van der Waals surface area (Å²) in [5.74, 6) is 0.447. The molecule has 8 heteroatoms. The molecule has 0 unspecified atom stereocenters. The van der Waals surface area contributed by atoms with Gasteiger partial charge in [-0.15, -0.1) is 0 Å². The van der Waals surface area contributed by atoms with Crippen LogP contribution in [0, 0.1) is 0 Å². The number of alkyl halides is 3. The maximum Gasteiger partial charge on any atom is 0.423 e. The Morgan fingerprint density at radius 1 is 1.03 bits per heavy atom. The Morgan fingerprint density at radius 3 is 2.30 bits per heavy atom. The molecule has 1 aromatic carbocycles. The minimum Gasteiger partial charge on any atom is -0.491 e. The van der Waals surface area contributed by atoms with E-state index in [1.165, 1.54) is 0 Å². The van der Waals surface area contributed by atoms with Gasteiger partial charge in [0, 0.05) is 18.4 Å². The van der Waals surface area contributed by atoms with Gasteiger partial charge in [-0.1, -0.05) is 26.2 Å². The van der Waals surface area contributed by atoms with Crippen LogP contribution in [0.25, 0.3) is 0 Å². The lowest BCUT2D eigenvalue weighted by Gasteiger charge is -2.23. The smallest absolute Gasteiger partial charge is 0.423 e. The molecule has 2 aromatic rings. The molecular weight excluding hydrogens is 395 g/mol. The van der Waals surface area contributed by atoms with Crippen molar-refractivity contribution in [3.05, 3.63) is 36.0 Å². The molecule has 2 rings (SSSR count). The second kappa shape index (κ2) is 11.0. The van der Waals surface area contributed by atoms with E-state index in [9.17, 15) is 13.2 Å². The highest BCUT2D eigenvalue weighted by Crippen LogP contribution is 2.36. The molecule has 0 radical (unpaired) electrons. The SMILES string of the molecule is CCCCCCOc1nc(N(CC)c2ccc(OC(C)C)cc2)ncc1C(F)(F)F. The Kier molecular flexibility index (Phi) is 8.74. The molecule has 1 aromatic heterocycles. The van der Waals surface area contributed by atoms with E-state index < -0.39 is 17.6 Å². The second-order valence-electron chi connectivity index (χ2n) is 7.20. The summed E-state index contributed by atoms with van der Waals surface area (Å²) in [5.41, 5.74) is -0.208. The predicted molar refractivity (Wildman–Crippen MR) is 112 cm³/mol. The number of benzene rings is 1. The molecule has 5 nitrogen and oxygen atoms in total.